The number of benzene rings is 1. The van der Waals surface area contributed by atoms with E-state index >= 15 is 0 Å². The Labute approximate surface area is 222 Å². The molecule has 0 aliphatic heterocycles. The molecule has 0 bridgehead atoms. The van der Waals surface area contributed by atoms with Gasteiger partial charge in [-0.3, -0.25) is 9.59 Å². The summed E-state index contributed by atoms with van der Waals surface area (Å²) in [5.74, 6) is -0.517. The van der Waals surface area contributed by atoms with Crippen molar-refractivity contribution in [3.8, 4) is 0 Å². The number of amides is 3. The van der Waals surface area contributed by atoms with Crippen LogP contribution in [0.2, 0.25) is 0 Å². The first kappa shape index (κ1) is 30.0. The van der Waals surface area contributed by atoms with E-state index in [9.17, 15) is 14.4 Å². The fourth-order valence-corrected chi connectivity index (χ4v) is 4.87. The Morgan fingerprint density at radius 3 is 2.19 bits per heavy atom. The van der Waals surface area contributed by atoms with E-state index in [0.29, 0.717) is 0 Å². The molecule has 8 heteroatoms. The number of thiol groups is 1. The molecule has 2 atom stereocenters. The number of hydrogen-bond donors (Lipinski definition) is 3. The molecule has 0 heterocycles. The monoisotopic (exact) mass is 519 g/mol. The summed E-state index contributed by atoms with van der Waals surface area (Å²) >= 11 is 4.36. The number of alkyl carbamates (subject to hydrolysis) is 1. The summed E-state index contributed by atoms with van der Waals surface area (Å²) in [6, 6.07) is 4.23. The molecule has 1 aliphatic carbocycles. The summed E-state index contributed by atoms with van der Waals surface area (Å²) in [5.41, 5.74) is 1.28. The zero-order valence-electron chi connectivity index (χ0n) is 23.2. The number of carbonyl (C=O) groups is 3. The lowest BCUT2D eigenvalue weighted by Crippen LogP contribution is -2.59. The van der Waals surface area contributed by atoms with Gasteiger partial charge in [-0.2, -0.15) is 12.6 Å². The molecular formula is C28H45N3O4S. The molecule has 0 saturated heterocycles. The fraction of sp³-hybridized carbons (Fsp3) is 0.679. The van der Waals surface area contributed by atoms with Crippen molar-refractivity contribution in [2.24, 2.45) is 0 Å². The van der Waals surface area contributed by atoms with Gasteiger partial charge < -0.3 is 20.3 Å². The topological polar surface area (TPSA) is 87.7 Å². The summed E-state index contributed by atoms with van der Waals surface area (Å²) in [5, 5.41) is 5.90. The van der Waals surface area contributed by atoms with Gasteiger partial charge in [-0.05, 0) is 79.4 Å². The van der Waals surface area contributed by atoms with Crippen LogP contribution in [0, 0.1) is 13.8 Å². The van der Waals surface area contributed by atoms with E-state index in [1.807, 2.05) is 52.8 Å². The molecule has 1 aliphatic rings. The molecule has 2 unspecified atom stereocenters. The number of hydrogen-bond acceptors (Lipinski definition) is 5. The number of aryl methyl sites for hydroxylation is 2. The number of ether oxygens (including phenoxy) is 1. The van der Waals surface area contributed by atoms with Crippen molar-refractivity contribution in [1.29, 1.82) is 0 Å². The highest BCUT2D eigenvalue weighted by atomic mass is 32.1. The first-order chi connectivity index (χ1) is 16.6. The molecule has 7 nitrogen and oxygen atoms in total. The molecular weight excluding hydrogens is 474 g/mol. The Balaban J connectivity index is 2.51. The molecule has 0 spiro atoms. The van der Waals surface area contributed by atoms with Gasteiger partial charge in [-0.1, -0.05) is 43.0 Å². The minimum absolute atomic E-state index is 0.0639. The Kier molecular flexibility index (Phi) is 10.3. The molecule has 0 aromatic heterocycles. The predicted molar refractivity (Wildman–Crippen MR) is 147 cm³/mol. The second-order valence-electron chi connectivity index (χ2n) is 11.9. The van der Waals surface area contributed by atoms with Crippen LogP contribution in [-0.4, -0.2) is 51.8 Å². The number of nitrogens with zero attached hydrogens (tertiary/aromatic N) is 1. The predicted octanol–water partition coefficient (Wildman–Crippen LogP) is 5.24. The zero-order chi connectivity index (χ0) is 27.3. The maximum atomic E-state index is 14.1. The van der Waals surface area contributed by atoms with Gasteiger partial charge in [0.05, 0.1) is 0 Å². The molecule has 1 saturated carbocycles. The van der Waals surface area contributed by atoms with E-state index in [4.69, 9.17) is 4.74 Å². The van der Waals surface area contributed by atoms with Crippen LogP contribution in [0.3, 0.4) is 0 Å². The van der Waals surface area contributed by atoms with Crippen molar-refractivity contribution in [3.63, 3.8) is 0 Å². The molecule has 2 rings (SSSR count). The number of nitrogens with one attached hydrogen (secondary N) is 2. The minimum Gasteiger partial charge on any atom is -0.444 e. The van der Waals surface area contributed by atoms with Crippen LogP contribution in [-0.2, 0) is 14.3 Å². The first-order valence-corrected chi connectivity index (χ1v) is 13.6. The first-order valence-electron chi connectivity index (χ1n) is 12.9. The van der Waals surface area contributed by atoms with Crippen molar-refractivity contribution >= 4 is 30.5 Å². The maximum Gasteiger partial charge on any atom is 0.408 e. The molecule has 202 valence electrons. The highest BCUT2D eigenvalue weighted by Crippen LogP contribution is 2.33. The second-order valence-corrected chi connectivity index (χ2v) is 12.2. The summed E-state index contributed by atoms with van der Waals surface area (Å²) in [4.78, 5) is 42.1. The van der Waals surface area contributed by atoms with Gasteiger partial charge in [-0.25, -0.2) is 4.79 Å². The molecule has 1 aromatic rings. The summed E-state index contributed by atoms with van der Waals surface area (Å²) in [7, 11) is 0. The van der Waals surface area contributed by atoms with Crippen molar-refractivity contribution < 1.29 is 19.1 Å². The third-order valence-corrected chi connectivity index (χ3v) is 6.68. The Hall–Kier alpha value is -2.22. The maximum absolute atomic E-state index is 14.1. The van der Waals surface area contributed by atoms with Gasteiger partial charge in [0.25, 0.3) is 0 Å². The highest BCUT2D eigenvalue weighted by Gasteiger charge is 2.42. The van der Waals surface area contributed by atoms with Crippen LogP contribution in [0.15, 0.2) is 18.2 Å². The van der Waals surface area contributed by atoms with E-state index in [1.54, 1.807) is 25.7 Å². The molecule has 2 N–H and O–H groups in total. The second kappa shape index (κ2) is 12.3. The zero-order valence-corrected chi connectivity index (χ0v) is 24.1. The SMILES string of the molecule is Cc1ccc(C)c(C(C(=O)NC2CCCCC2)N(C(=O)C(CS)NC(=O)OC(C)(C)C)C(C)(C)C)c1. The van der Waals surface area contributed by atoms with Gasteiger partial charge in [-0.15, -0.1) is 0 Å². The fourth-order valence-electron chi connectivity index (χ4n) is 4.63. The lowest BCUT2D eigenvalue weighted by atomic mass is 9.90. The van der Waals surface area contributed by atoms with E-state index in [0.717, 1.165) is 42.4 Å². The van der Waals surface area contributed by atoms with Crippen molar-refractivity contribution in [2.75, 3.05) is 5.75 Å². The Morgan fingerprint density at radius 2 is 1.67 bits per heavy atom. The van der Waals surface area contributed by atoms with Gasteiger partial charge in [0.2, 0.25) is 11.8 Å². The standard InChI is InChI=1S/C28H45N3O4S/c1-18-14-15-19(2)21(16-18)23(24(32)29-20-12-10-9-11-13-20)31(27(3,4)5)25(33)22(17-36)30-26(34)35-28(6,7)8/h14-16,20,22-23,36H,9-13,17H2,1-8H3,(H,29,32)(H,30,34). The van der Waals surface area contributed by atoms with E-state index in [-0.39, 0.29) is 23.6 Å². The van der Waals surface area contributed by atoms with Crippen LogP contribution in [0.5, 0.6) is 0 Å². The summed E-state index contributed by atoms with van der Waals surface area (Å²) in [6.45, 7) is 14.9. The van der Waals surface area contributed by atoms with Crippen LogP contribution in [0.4, 0.5) is 4.79 Å². The van der Waals surface area contributed by atoms with Gasteiger partial charge in [0, 0.05) is 17.3 Å². The van der Waals surface area contributed by atoms with Crippen LogP contribution in [0.25, 0.3) is 0 Å². The summed E-state index contributed by atoms with van der Waals surface area (Å²) < 4.78 is 5.38. The average Bonchev–Trinajstić information content (AvgIpc) is 2.75. The minimum atomic E-state index is -0.961. The highest BCUT2D eigenvalue weighted by molar-refractivity contribution is 7.80. The van der Waals surface area contributed by atoms with Crippen LogP contribution < -0.4 is 10.6 Å². The smallest absolute Gasteiger partial charge is 0.408 e. The van der Waals surface area contributed by atoms with Crippen molar-refractivity contribution in [2.45, 2.75) is 117 Å². The normalized spacial score (nSPS) is 16.6. The quantitative estimate of drug-likeness (QED) is 0.430. The average molecular weight is 520 g/mol. The molecule has 1 fully saturated rings. The van der Waals surface area contributed by atoms with E-state index < -0.39 is 29.3 Å². The third kappa shape index (κ3) is 8.43. The van der Waals surface area contributed by atoms with Gasteiger partial charge >= 0.3 is 6.09 Å². The molecule has 0 radical (unpaired) electrons. The van der Waals surface area contributed by atoms with E-state index in [2.05, 4.69) is 23.3 Å². The molecule has 3 amide bonds. The number of rotatable bonds is 7. The lowest BCUT2D eigenvalue weighted by Gasteiger charge is -2.43. The molecule has 36 heavy (non-hydrogen) atoms. The van der Waals surface area contributed by atoms with Crippen LogP contribution in [0.1, 0.15) is 96.4 Å². The van der Waals surface area contributed by atoms with Crippen molar-refractivity contribution in [1.82, 2.24) is 15.5 Å². The van der Waals surface area contributed by atoms with Crippen LogP contribution >= 0.6 is 12.6 Å². The number of carbonyl (C=O) groups excluding carboxylic acids is 3. The largest absolute Gasteiger partial charge is 0.444 e. The van der Waals surface area contributed by atoms with Crippen molar-refractivity contribution in [3.05, 3.63) is 34.9 Å². The molecule has 1 aromatic carbocycles. The van der Waals surface area contributed by atoms with Gasteiger partial charge in [0.1, 0.15) is 17.7 Å². The van der Waals surface area contributed by atoms with Gasteiger partial charge in [0.15, 0.2) is 0 Å². The lowest BCUT2D eigenvalue weighted by molar-refractivity contribution is -0.148. The Bertz CT molecular complexity index is 930. The third-order valence-electron chi connectivity index (χ3n) is 6.32. The van der Waals surface area contributed by atoms with E-state index in [1.165, 1.54) is 6.42 Å². The summed E-state index contributed by atoms with van der Waals surface area (Å²) in [6.07, 6.45) is 4.53. The Morgan fingerprint density at radius 1 is 1.06 bits per heavy atom.